The summed E-state index contributed by atoms with van der Waals surface area (Å²) in [7, 11) is 0. The van der Waals surface area contributed by atoms with Crippen molar-refractivity contribution in [3.05, 3.63) is 0 Å². The van der Waals surface area contributed by atoms with E-state index in [0.29, 0.717) is 0 Å². The largest absolute Gasteiger partial charge is 3.00 e. The molecule has 0 unspecified atom stereocenters. The fourth-order valence-corrected chi connectivity index (χ4v) is 0.684. The number of aliphatic carboxylic acids is 3. The molecule has 0 amide bonds. The van der Waals surface area contributed by atoms with Crippen LogP contribution < -0.4 is 57.3 Å². The molecular weight excluding hydrogens is 298 g/mol. The van der Waals surface area contributed by atoms with E-state index in [-0.39, 0.29) is 59.0 Å². The molecule has 0 aliphatic heterocycles. The molecule has 0 atom stereocenters. The van der Waals surface area contributed by atoms with Gasteiger partial charge in [0, 0.05) is 24.8 Å². The Hall–Kier alpha value is 0.179. The molecule has 10 heteroatoms. The predicted octanol–water partition coefficient (Wildman–Crippen LogP) is -11.2. The summed E-state index contributed by atoms with van der Waals surface area (Å²) in [5.41, 5.74) is -2.97. The third kappa shape index (κ3) is 9.41. The molecule has 0 aromatic rings. The molecule has 0 rings (SSSR count). The number of carbonyl (C=O) groups excluding carboxylic acids is 3. The molecule has 0 spiro atoms. The van der Waals surface area contributed by atoms with Crippen molar-refractivity contribution in [1.82, 2.24) is 0 Å². The first-order chi connectivity index (χ1) is 5.78. The Bertz CT molecular complexity index is 243. The Kier molecular flexibility index (Phi) is 16.2. The molecule has 1 radical (unpaired) electrons. The fraction of sp³-hybridized carbons (Fsp3) is 0.500. The topological polar surface area (TPSA) is 141 Å². The molecule has 0 saturated carbocycles. The number of hydrogen-bond donors (Lipinski definition) is 1. The summed E-state index contributed by atoms with van der Waals surface area (Å²) >= 11 is 0. The molecule has 1 N–H and O–H groups in total. The first kappa shape index (κ1) is 25.1. The average Bonchev–Trinajstić information content (AvgIpc) is 1.82. The third-order valence-electron chi connectivity index (χ3n) is 1.25. The summed E-state index contributed by atoms with van der Waals surface area (Å²) < 4.78 is 0. The molecule has 87 valence electrons. The maximum absolute atomic E-state index is 10.1. The summed E-state index contributed by atoms with van der Waals surface area (Å²) in [6.45, 7) is 0. The minimum Gasteiger partial charge on any atom is -1.00 e. The van der Waals surface area contributed by atoms with Gasteiger partial charge in [0.25, 0.3) is 0 Å². The van der Waals surface area contributed by atoms with Crippen molar-refractivity contribution < 1.29 is 93.8 Å². The van der Waals surface area contributed by atoms with Gasteiger partial charge in [0.05, 0.1) is 5.97 Å². The van der Waals surface area contributed by atoms with Crippen LogP contribution in [0.3, 0.4) is 0 Å². The van der Waals surface area contributed by atoms with Crippen molar-refractivity contribution in [2.24, 2.45) is 0 Å². The van der Waals surface area contributed by atoms with Gasteiger partial charge in [-0.15, -0.1) is 0 Å². The molecule has 16 heavy (non-hydrogen) atoms. The minimum absolute atomic E-state index is 0. The maximum Gasteiger partial charge on any atom is 3.00 e. The van der Waals surface area contributed by atoms with Gasteiger partial charge in [-0.1, -0.05) is 0 Å². The van der Waals surface area contributed by atoms with Gasteiger partial charge in [-0.25, -0.2) is 0 Å². The van der Waals surface area contributed by atoms with E-state index in [2.05, 4.69) is 0 Å². The van der Waals surface area contributed by atoms with Crippen LogP contribution >= 0.6 is 0 Å². The number of halogens is 1. The van der Waals surface area contributed by atoms with Crippen molar-refractivity contribution in [1.29, 1.82) is 0 Å². The van der Waals surface area contributed by atoms with E-state index in [9.17, 15) is 29.7 Å². The molecule has 0 saturated heterocycles. The summed E-state index contributed by atoms with van der Waals surface area (Å²) in [4.78, 5) is 30.0. The van der Waals surface area contributed by atoms with Crippen molar-refractivity contribution in [3.63, 3.8) is 0 Å². The van der Waals surface area contributed by atoms with Crippen molar-refractivity contribution in [2.75, 3.05) is 0 Å². The van der Waals surface area contributed by atoms with Crippen molar-refractivity contribution in [2.45, 2.75) is 18.4 Å². The quantitative estimate of drug-likeness (QED) is 0.497. The van der Waals surface area contributed by atoms with E-state index >= 15 is 0 Å². The van der Waals surface area contributed by atoms with Crippen molar-refractivity contribution in [3.8, 4) is 0 Å². The molecule has 0 heterocycles. The van der Waals surface area contributed by atoms with Crippen molar-refractivity contribution >= 4 is 17.9 Å². The van der Waals surface area contributed by atoms with Gasteiger partial charge in [-0.05, 0) is 0 Å². The number of aliphatic hydroxyl groups is 1. The van der Waals surface area contributed by atoms with Crippen LogP contribution in [0.25, 0.3) is 0 Å². The van der Waals surface area contributed by atoms with E-state index in [4.69, 9.17) is 5.11 Å². The molecule has 0 aliphatic carbocycles. The monoisotopic (exact) mass is 303 g/mol. The molecule has 0 aromatic heterocycles. The normalized spacial score (nSPS) is 8.81. The molecule has 7 nitrogen and oxygen atoms in total. The summed E-state index contributed by atoms with van der Waals surface area (Å²) in [6, 6.07) is 0. The van der Waals surface area contributed by atoms with E-state index < -0.39 is 36.4 Å². The van der Waals surface area contributed by atoms with Gasteiger partial charge in [0.2, 0.25) is 0 Å². The van der Waals surface area contributed by atoms with Crippen LogP contribution in [0.4, 0.5) is 0 Å². The minimum atomic E-state index is -2.97. The van der Waals surface area contributed by atoms with Gasteiger partial charge in [0.15, 0.2) is 0 Å². The standard InChI is InChI=1S/C6H8O7.ClH.Fe.Na/c7-3(8)1-6(13,5(11)12)2-4(9)10;;;/h13H,1-2H2,(H,7,8)(H,9,10)(H,11,12);1H;;/q;;+3;+1/p-4. The number of rotatable bonds is 5. The SMILES string of the molecule is O=C([O-])CC(O)(CC(=O)[O-])C(=O)[O-].[Cl-].[Fe+3].[Na+]. The van der Waals surface area contributed by atoms with Crippen LogP contribution in [0.5, 0.6) is 0 Å². The summed E-state index contributed by atoms with van der Waals surface area (Å²) in [6.07, 6.45) is -2.72. The summed E-state index contributed by atoms with van der Waals surface area (Å²) in [5, 5.41) is 38.9. The van der Waals surface area contributed by atoms with Crippen LogP contribution in [-0.4, -0.2) is 28.6 Å². The van der Waals surface area contributed by atoms with E-state index in [1.54, 1.807) is 0 Å². The zero-order chi connectivity index (χ0) is 10.6. The fourth-order valence-electron chi connectivity index (χ4n) is 0.684. The maximum atomic E-state index is 10.1. The molecule has 0 fully saturated rings. The second-order valence-corrected chi connectivity index (χ2v) is 2.42. The Labute approximate surface area is 129 Å². The Morgan fingerprint density at radius 2 is 1.25 bits per heavy atom. The van der Waals surface area contributed by atoms with Crippen LogP contribution in [-0.2, 0) is 31.5 Å². The number of carboxylic acid groups (broad SMARTS) is 3. The van der Waals surface area contributed by atoms with Crippen LogP contribution in [0.1, 0.15) is 12.8 Å². The number of carboxylic acids is 3. The Balaban J connectivity index is -0.000000240. The summed E-state index contributed by atoms with van der Waals surface area (Å²) in [5.74, 6) is -5.98. The third-order valence-corrected chi connectivity index (χ3v) is 1.25. The van der Waals surface area contributed by atoms with Gasteiger partial charge in [0.1, 0.15) is 5.60 Å². The van der Waals surface area contributed by atoms with Gasteiger partial charge in [-0.3, -0.25) is 0 Å². The number of carbonyl (C=O) groups is 3. The Morgan fingerprint density at radius 3 is 1.38 bits per heavy atom. The molecule has 0 bridgehead atoms. The number of hydrogen-bond acceptors (Lipinski definition) is 7. The van der Waals surface area contributed by atoms with Crippen LogP contribution in [0, 0.1) is 0 Å². The first-order valence-electron chi connectivity index (χ1n) is 3.11. The van der Waals surface area contributed by atoms with Crippen LogP contribution in [0.2, 0.25) is 0 Å². The molecule has 0 aromatic carbocycles. The molecule has 0 aliphatic rings. The smallest absolute Gasteiger partial charge is 1.00 e. The predicted molar refractivity (Wildman–Crippen MR) is 29.2 cm³/mol. The average molecular weight is 303 g/mol. The molecular formula is C6H5ClFeNaO7. The second-order valence-electron chi connectivity index (χ2n) is 2.42. The van der Waals surface area contributed by atoms with Gasteiger partial charge >= 0.3 is 46.6 Å². The van der Waals surface area contributed by atoms with Crippen LogP contribution in [0.15, 0.2) is 0 Å². The second kappa shape index (κ2) is 10.3. The Morgan fingerprint density at radius 1 is 1.00 bits per heavy atom. The van der Waals surface area contributed by atoms with Gasteiger partial charge in [-0.2, -0.15) is 0 Å². The zero-order valence-electron chi connectivity index (χ0n) is 8.04. The van der Waals surface area contributed by atoms with E-state index in [0.717, 1.165) is 0 Å². The zero-order valence-corrected chi connectivity index (χ0v) is 11.9. The van der Waals surface area contributed by atoms with Gasteiger partial charge < -0.3 is 47.2 Å². The van der Waals surface area contributed by atoms with E-state index in [1.165, 1.54) is 0 Å². The first-order valence-corrected chi connectivity index (χ1v) is 3.11. The van der Waals surface area contributed by atoms with E-state index in [1.807, 2.05) is 0 Å².